The number of imide groups is 1. The summed E-state index contributed by atoms with van der Waals surface area (Å²) in [5.74, 6) is -0.437. The van der Waals surface area contributed by atoms with E-state index in [4.69, 9.17) is 27.9 Å². The van der Waals surface area contributed by atoms with Crippen molar-refractivity contribution in [2.24, 2.45) is 0 Å². The molecule has 2 amide bonds. The fraction of sp³-hybridized carbons (Fsp3) is 0.120. The molecule has 0 unspecified atom stereocenters. The molecule has 1 aliphatic heterocycles. The molecule has 3 aromatic carbocycles. The highest BCUT2D eigenvalue weighted by Gasteiger charge is 2.41. The quantitative estimate of drug-likeness (QED) is 0.467. The van der Waals surface area contributed by atoms with Crippen molar-refractivity contribution in [2.75, 3.05) is 17.3 Å². The molecule has 1 N–H and O–H groups in total. The summed E-state index contributed by atoms with van der Waals surface area (Å²) in [6, 6.07) is 17.5. The number of nitrogens with one attached hydrogen (secondary N) is 1. The van der Waals surface area contributed by atoms with Crippen molar-refractivity contribution in [3.63, 3.8) is 0 Å². The van der Waals surface area contributed by atoms with Crippen LogP contribution in [0.1, 0.15) is 16.7 Å². The summed E-state index contributed by atoms with van der Waals surface area (Å²) in [6.45, 7) is 3.70. The van der Waals surface area contributed by atoms with E-state index in [1.807, 2.05) is 13.0 Å². The van der Waals surface area contributed by atoms with Crippen molar-refractivity contribution in [1.29, 1.82) is 0 Å². The van der Waals surface area contributed by atoms with Gasteiger partial charge in [-0.1, -0.05) is 47.5 Å². The third kappa shape index (κ3) is 3.85. The molecule has 0 bridgehead atoms. The summed E-state index contributed by atoms with van der Waals surface area (Å²) in [5, 5.41) is 4.20. The van der Waals surface area contributed by atoms with Gasteiger partial charge in [-0.2, -0.15) is 0 Å². The molecule has 0 fully saturated rings. The second kappa shape index (κ2) is 8.69. The zero-order chi connectivity index (χ0) is 23.0. The number of ether oxygens (including phenoxy) is 1. The zero-order valence-corrected chi connectivity index (χ0v) is 19.2. The third-order valence-corrected chi connectivity index (χ3v) is 5.79. The smallest absolute Gasteiger partial charge is 0.282 e. The number of amides is 2. The van der Waals surface area contributed by atoms with Crippen LogP contribution in [0.2, 0.25) is 10.0 Å². The summed E-state index contributed by atoms with van der Waals surface area (Å²) in [5.41, 5.74) is 3.58. The molecule has 1 aliphatic rings. The van der Waals surface area contributed by atoms with E-state index in [1.165, 1.54) is 7.11 Å². The van der Waals surface area contributed by atoms with Gasteiger partial charge in [0.15, 0.2) is 0 Å². The number of nitrogens with zero attached hydrogens (tertiary/aromatic N) is 1. The van der Waals surface area contributed by atoms with Crippen LogP contribution < -0.4 is 15.0 Å². The maximum absolute atomic E-state index is 13.7. The highest BCUT2D eigenvalue weighted by Crippen LogP contribution is 2.39. The first-order valence-electron chi connectivity index (χ1n) is 9.87. The molecule has 7 heteroatoms. The third-order valence-electron chi connectivity index (χ3n) is 5.32. The lowest BCUT2D eigenvalue weighted by atomic mass is 10.0. The second-order valence-electron chi connectivity index (χ2n) is 7.41. The Labute approximate surface area is 196 Å². The van der Waals surface area contributed by atoms with Crippen LogP contribution in [-0.4, -0.2) is 18.9 Å². The molecule has 0 aromatic heterocycles. The molecule has 1 heterocycles. The van der Waals surface area contributed by atoms with Gasteiger partial charge in [-0.15, -0.1) is 0 Å². The number of carbonyl (C=O) groups excluding carboxylic acids is 2. The molecule has 0 saturated carbocycles. The predicted molar refractivity (Wildman–Crippen MR) is 128 cm³/mol. The van der Waals surface area contributed by atoms with Gasteiger partial charge in [-0.25, -0.2) is 4.90 Å². The van der Waals surface area contributed by atoms with E-state index in [0.717, 1.165) is 10.5 Å². The van der Waals surface area contributed by atoms with Crippen molar-refractivity contribution in [2.45, 2.75) is 13.8 Å². The normalized spacial score (nSPS) is 13.7. The van der Waals surface area contributed by atoms with Gasteiger partial charge < -0.3 is 10.1 Å². The Balaban J connectivity index is 1.91. The number of rotatable bonds is 5. The molecule has 0 radical (unpaired) electrons. The number of benzene rings is 3. The summed E-state index contributed by atoms with van der Waals surface area (Å²) in [4.78, 5) is 28.4. The lowest BCUT2D eigenvalue weighted by Gasteiger charge is -2.18. The Kier molecular flexibility index (Phi) is 5.96. The standard InChI is InChI=1S/C25H20Cl2N2O3/c1-14-8-9-17(27)13-19(14)28-23-22(18-6-4-5-7-21(18)32-3)24(30)29(25(23)31)20-11-10-16(26)12-15(20)2/h4-13,28H,1-3H3. The summed E-state index contributed by atoms with van der Waals surface area (Å²) < 4.78 is 5.48. The molecule has 4 rings (SSSR count). The van der Waals surface area contributed by atoms with Gasteiger partial charge >= 0.3 is 0 Å². The van der Waals surface area contributed by atoms with Crippen LogP contribution in [0.3, 0.4) is 0 Å². The van der Waals surface area contributed by atoms with Gasteiger partial charge in [0.2, 0.25) is 0 Å². The lowest BCUT2D eigenvalue weighted by Crippen LogP contribution is -2.33. The monoisotopic (exact) mass is 466 g/mol. The van der Waals surface area contributed by atoms with Gasteiger partial charge in [0.1, 0.15) is 11.4 Å². The molecular weight excluding hydrogens is 447 g/mol. The fourth-order valence-electron chi connectivity index (χ4n) is 3.70. The second-order valence-corrected chi connectivity index (χ2v) is 8.28. The number of aryl methyl sites for hydroxylation is 2. The minimum Gasteiger partial charge on any atom is -0.496 e. The van der Waals surface area contributed by atoms with Crippen molar-refractivity contribution in [3.8, 4) is 5.75 Å². The number of halogens is 2. The van der Waals surface area contributed by atoms with E-state index in [2.05, 4.69) is 5.32 Å². The average molecular weight is 467 g/mol. The molecule has 5 nitrogen and oxygen atoms in total. The van der Waals surface area contributed by atoms with Gasteiger partial charge in [-0.3, -0.25) is 9.59 Å². The van der Waals surface area contributed by atoms with Gasteiger partial charge in [-0.05, 0) is 61.4 Å². The minimum absolute atomic E-state index is 0.152. The molecule has 0 atom stereocenters. The van der Waals surface area contributed by atoms with Crippen LogP contribution in [0.5, 0.6) is 5.75 Å². The summed E-state index contributed by atoms with van der Waals surface area (Å²) >= 11 is 12.3. The highest BCUT2D eigenvalue weighted by atomic mass is 35.5. The Hall–Kier alpha value is -3.28. The molecule has 162 valence electrons. The van der Waals surface area contributed by atoms with Crippen LogP contribution >= 0.6 is 23.2 Å². The molecular formula is C25H20Cl2N2O3. The minimum atomic E-state index is -0.472. The van der Waals surface area contributed by atoms with Crippen molar-refractivity contribution >= 4 is 52.0 Å². The van der Waals surface area contributed by atoms with Gasteiger partial charge in [0.25, 0.3) is 11.8 Å². The molecule has 0 saturated heterocycles. The van der Waals surface area contributed by atoms with E-state index in [0.29, 0.717) is 38.3 Å². The van der Waals surface area contributed by atoms with E-state index >= 15 is 0 Å². The Bertz CT molecular complexity index is 1280. The van der Waals surface area contributed by atoms with Gasteiger partial charge in [0.05, 0.1) is 18.4 Å². The lowest BCUT2D eigenvalue weighted by molar-refractivity contribution is -0.120. The maximum atomic E-state index is 13.7. The van der Waals surface area contributed by atoms with Crippen molar-refractivity contribution in [1.82, 2.24) is 0 Å². The van der Waals surface area contributed by atoms with Crippen LogP contribution in [0.15, 0.2) is 66.4 Å². The van der Waals surface area contributed by atoms with E-state index in [9.17, 15) is 9.59 Å². The maximum Gasteiger partial charge on any atom is 0.282 e. The average Bonchev–Trinajstić information content (AvgIpc) is 3.00. The van der Waals surface area contributed by atoms with Gasteiger partial charge in [0, 0.05) is 21.3 Å². The number of hydrogen-bond donors (Lipinski definition) is 1. The van der Waals surface area contributed by atoms with E-state index < -0.39 is 11.8 Å². The highest BCUT2D eigenvalue weighted by molar-refractivity contribution is 6.46. The van der Waals surface area contributed by atoms with Crippen molar-refractivity contribution in [3.05, 3.63) is 93.1 Å². The Morgan fingerprint density at radius 3 is 2.25 bits per heavy atom. The topological polar surface area (TPSA) is 58.6 Å². The largest absolute Gasteiger partial charge is 0.496 e. The Morgan fingerprint density at radius 1 is 0.844 bits per heavy atom. The van der Waals surface area contributed by atoms with E-state index in [-0.39, 0.29) is 11.3 Å². The molecule has 0 aliphatic carbocycles. The van der Waals surface area contributed by atoms with Crippen LogP contribution in [0, 0.1) is 13.8 Å². The fourth-order valence-corrected chi connectivity index (χ4v) is 4.10. The molecule has 32 heavy (non-hydrogen) atoms. The zero-order valence-electron chi connectivity index (χ0n) is 17.7. The van der Waals surface area contributed by atoms with E-state index in [1.54, 1.807) is 61.5 Å². The number of para-hydroxylation sites is 1. The van der Waals surface area contributed by atoms with Crippen molar-refractivity contribution < 1.29 is 14.3 Å². The molecule has 3 aromatic rings. The summed E-state index contributed by atoms with van der Waals surface area (Å²) in [7, 11) is 1.52. The number of hydrogen-bond acceptors (Lipinski definition) is 4. The first kappa shape index (κ1) is 21.9. The van der Waals surface area contributed by atoms with Crippen LogP contribution in [0.25, 0.3) is 5.57 Å². The molecule has 0 spiro atoms. The Morgan fingerprint density at radius 2 is 1.53 bits per heavy atom. The number of methoxy groups -OCH3 is 1. The summed E-state index contributed by atoms with van der Waals surface area (Å²) in [6.07, 6.45) is 0. The SMILES string of the molecule is COc1ccccc1C1=C(Nc2cc(Cl)ccc2C)C(=O)N(c2ccc(Cl)cc2C)C1=O. The predicted octanol–water partition coefficient (Wildman–Crippen LogP) is 6.02. The number of carbonyl (C=O) groups is 2. The first-order valence-corrected chi connectivity index (χ1v) is 10.6. The number of anilines is 2. The van der Waals surface area contributed by atoms with Crippen LogP contribution in [0.4, 0.5) is 11.4 Å². The van der Waals surface area contributed by atoms with Crippen LogP contribution in [-0.2, 0) is 9.59 Å². The first-order chi connectivity index (χ1) is 15.3.